The predicted molar refractivity (Wildman–Crippen MR) is 135 cm³/mol. The summed E-state index contributed by atoms with van der Waals surface area (Å²) in [7, 11) is 0. The maximum absolute atomic E-state index is 14.5. The number of halogens is 2. The molecular weight excluding hydrogens is 474 g/mol. The largest absolute Gasteiger partial charge is 0.347 e. The molecule has 1 amide bonds. The van der Waals surface area contributed by atoms with Crippen LogP contribution in [0, 0.1) is 11.6 Å². The summed E-state index contributed by atoms with van der Waals surface area (Å²) in [5.74, 6) is 0.105. The average molecular weight is 499 g/mol. The second-order valence-corrected chi connectivity index (χ2v) is 9.34. The zero-order chi connectivity index (χ0) is 25.4. The van der Waals surface area contributed by atoms with Crippen molar-refractivity contribution in [2.75, 3.05) is 0 Å². The van der Waals surface area contributed by atoms with Crippen LogP contribution in [0.5, 0.6) is 0 Å². The van der Waals surface area contributed by atoms with E-state index in [2.05, 4.69) is 25.3 Å². The smallest absolute Gasteiger partial charge is 0.272 e. The van der Waals surface area contributed by atoms with Gasteiger partial charge in [0.1, 0.15) is 29.3 Å². The third-order valence-electron chi connectivity index (χ3n) is 6.83. The molecule has 3 aromatic heterocycles. The summed E-state index contributed by atoms with van der Waals surface area (Å²) < 4.78 is 29.6. The van der Waals surface area contributed by atoms with Crippen LogP contribution in [0.4, 0.5) is 8.78 Å². The molecule has 1 aliphatic rings. The Balaban J connectivity index is 1.20. The molecule has 5 aromatic rings. The number of imidazole rings is 1. The van der Waals surface area contributed by atoms with Gasteiger partial charge in [0.2, 0.25) is 0 Å². The molecule has 0 bridgehead atoms. The molecule has 1 aliphatic carbocycles. The van der Waals surface area contributed by atoms with E-state index in [-0.39, 0.29) is 24.0 Å². The average Bonchev–Trinajstić information content (AvgIpc) is 3.67. The molecule has 1 saturated carbocycles. The zero-order valence-electron chi connectivity index (χ0n) is 19.9. The highest BCUT2D eigenvalue weighted by Gasteiger charge is 2.23. The van der Waals surface area contributed by atoms with Crippen molar-refractivity contribution < 1.29 is 13.6 Å². The van der Waals surface area contributed by atoms with Gasteiger partial charge in [-0.3, -0.25) is 4.79 Å². The molecule has 0 unspecified atom stereocenters. The summed E-state index contributed by atoms with van der Waals surface area (Å²) in [4.78, 5) is 29.3. The van der Waals surface area contributed by atoms with Gasteiger partial charge in [-0.1, -0.05) is 12.8 Å². The van der Waals surface area contributed by atoms with Crippen molar-refractivity contribution in [2.24, 2.45) is 0 Å². The Kier molecular flexibility index (Phi) is 5.96. The van der Waals surface area contributed by atoms with Crippen LogP contribution >= 0.6 is 0 Å². The van der Waals surface area contributed by atoms with Crippen LogP contribution in [0.2, 0.25) is 0 Å². The first kappa shape index (κ1) is 23.0. The van der Waals surface area contributed by atoms with E-state index < -0.39 is 5.82 Å². The predicted octanol–water partition coefficient (Wildman–Crippen LogP) is 5.68. The number of rotatable bonds is 6. The summed E-state index contributed by atoms with van der Waals surface area (Å²) in [6, 6.07) is 12.7. The summed E-state index contributed by atoms with van der Waals surface area (Å²) in [5, 5.41) is 2.84. The molecule has 2 N–H and O–H groups in total. The molecule has 0 atom stereocenters. The first-order valence-electron chi connectivity index (χ1n) is 12.3. The van der Waals surface area contributed by atoms with Gasteiger partial charge >= 0.3 is 0 Å². The van der Waals surface area contributed by atoms with Crippen LogP contribution in [0.3, 0.4) is 0 Å². The highest BCUT2D eigenvalue weighted by atomic mass is 19.1. The molecule has 186 valence electrons. The van der Waals surface area contributed by atoms with Crippen LogP contribution in [0.25, 0.3) is 28.0 Å². The molecule has 3 heterocycles. The van der Waals surface area contributed by atoms with Gasteiger partial charge in [0.15, 0.2) is 11.3 Å². The number of benzene rings is 2. The first-order valence-corrected chi connectivity index (χ1v) is 12.3. The summed E-state index contributed by atoms with van der Waals surface area (Å²) >= 11 is 0. The number of aromatic nitrogens is 5. The lowest BCUT2D eigenvalue weighted by molar-refractivity contribution is 0.0947. The SMILES string of the molecule is O=C(NCc1cc(F)cc(-c2ccn(-c3ccc(F)cc3)c2)c1)c1ncnc2nc(C3CCCC3)[nH]c12. The molecule has 0 aliphatic heterocycles. The van der Waals surface area contributed by atoms with Gasteiger partial charge in [-0.2, -0.15) is 0 Å². The van der Waals surface area contributed by atoms with Crippen molar-refractivity contribution in [3.8, 4) is 16.8 Å². The van der Waals surface area contributed by atoms with Crippen molar-refractivity contribution >= 4 is 17.1 Å². The van der Waals surface area contributed by atoms with Crippen LogP contribution in [-0.2, 0) is 6.54 Å². The lowest BCUT2D eigenvalue weighted by atomic mass is 10.1. The van der Waals surface area contributed by atoms with Gasteiger partial charge in [0.25, 0.3) is 5.91 Å². The van der Waals surface area contributed by atoms with E-state index in [1.54, 1.807) is 12.1 Å². The third kappa shape index (κ3) is 4.72. The van der Waals surface area contributed by atoms with E-state index in [1.165, 1.54) is 43.4 Å². The number of H-pyrrole nitrogens is 1. The molecule has 7 nitrogen and oxygen atoms in total. The quantitative estimate of drug-likeness (QED) is 0.315. The van der Waals surface area contributed by atoms with Crippen molar-refractivity contribution in [1.29, 1.82) is 0 Å². The fourth-order valence-corrected chi connectivity index (χ4v) is 4.94. The van der Waals surface area contributed by atoms with E-state index in [0.717, 1.165) is 29.9 Å². The first-order chi connectivity index (χ1) is 18.0. The number of nitrogens with zero attached hydrogens (tertiary/aromatic N) is 4. The maximum Gasteiger partial charge on any atom is 0.272 e. The second kappa shape index (κ2) is 9.57. The standard InChI is InChI=1S/C28H24F2N6O/c29-21-5-7-23(8-6-21)36-10-9-19(15-36)20-11-17(12-22(30)13-20)14-31-28(37)25-24-27(33-16-32-25)35-26(34-24)18-3-1-2-4-18/h5-13,15-16,18H,1-4,14H2,(H,31,37)(H,32,33,34,35). The Labute approximate surface area is 211 Å². The van der Waals surface area contributed by atoms with E-state index in [0.29, 0.717) is 28.2 Å². The third-order valence-corrected chi connectivity index (χ3v) is 6.83. The number of aromatic amines is 1. The Hall–Kier alpha value is -4.40. The molecule has 0 radical (unpaired) electrons. The lowest BCUT2D eigenvalue weighted by Crippen LogP contribution is -2.24. The highest BCUT2D eigenvalue weighted by Crippen LogP contribution is 2.33. The van der Waals surface area contributed by atoms with Crippen LogP contribution < -0.4 is 5.32 Å². The van der Waals surface area contributed by atoms with Gasteiger partial charge in [-0.15, -0.1) is 0 Å². The van der Waals surface area contributed by atoms with E-state index in [1.807, 2.05) is 29.1 Å². The number of hydrogen-bond acceptors (Lipinski definition) is 4. The molecular formula is C28H24F2N6O. The van der Waals surface area contributed by atoms with Gasteiger partial charge in [-0.25, -0.2) is 23.7 Å². The fourth-order valence-electron chi connectivity index (χ4n) is 4.94. The van der Waals surface area contributed by atoms with Crippen LogP contribution in [0.1, 0.15) is 53.5 Å². The monoisotopic (exact) mass is 498 g/mol. The summed E-state index contributed by atoms with van der Waals surface area (Å²) in [6.07, 6.45) is 9.51. The molecule has 0 spiro atoms. The minimum Gasteiger partial charge on any atom is -0.347 e. The van der Waals surface area contributed by atoms with Crippen molar-refractivity contribution in [1.82, 2.24) is 29.8 Å². The van der Waals surface area contributed by atoms with Gasteiger partial charge in [0, 0.05) is 30.5 Å². The number of carbonyl (C=O) groups is 1. The molecule has 1 fully saturated rings. The Morgan fingerprint density at radius 3 is 2.62 bits per heavy atom. The van der Waals surface area contributed by atoms with Crippen LogP contribution in [0.15, 0.2) is 67.3 Å². The van der Waals surface area contributed by atoms with Crippen molar-refractivity contribution in [3.63, 3.8) is 0 Å². The Morgan fingerprint density at radius 2 is 1.81 bits per heavy atom. The van der Waals surface area contributed by atoms with Gasteiger partial charge in [0.05, 0.1) is 0 Å². The molecule has 37 heavy (non-hydrogen) atoms. The molecule has 2 aromatic carbocycles. The van der Waals surface area contributed by atoms with E-state index >= 15 is 0 Å². The number of hydrogen-bond donors (Lipinski definition) is 2. The number of carbonyl (C=O) groups excluding carboxylic acids is 1. The minimum atomic E-state index is -0.407. The van der Waals surface area contributed by atoms with E-state index in [4.69, 9.17) is 0 Å². The van der Waals surface area contributed by atoms with E-state index in [9.17, 15) is 13.6 Å². The topological polar surface area (TPSA) is 88.5 Å². The second-order valence-electron chi connectivity index (χ2n) is 9.34. The number of nitrogens with one attached hydrogen (secondary N) is 2. The molecule has 9 heteroatoms. The van der Waals surface area contributed by atoms with Gasteiger partial charge in [-0.05, 0) is 78.1 Å². The lowest BCUT2D eigenvalue weighted by Gasteiger charge is -2.08. The zero-order valence-corrected chi connectivity index (χ0v) is 19.9. The van der Waals surface area contributed by atoms with Crippen molar-refractivity contribution in [3.05, 3.63) is 96.0 Å². The normalized spacial score (nSPS) is 13.9. The number of fused-ring (bicyclic) bond motifs is 1. The van der Waals surface area contributed by atoms with Crippen molar-refractivity contribution in [2.45, 2.75) is 38.1 Å². The summed E-state index contributed by atoms with van der Waals surface area (Å²) in [6.45, 7) is 0.122. The Morgan fingerprint density at radius 1 is 1.00 bits per heavy atom. The molecule has 0 saturated heterocycles. The molecule has 6 rings (SSSR count). The minimum absolute atomic E-state index is 0.122. The fraction of sp³-hybridized carbons (Fsp3) is 0.214. The highest BCUT2D eigenvalue weighted by molar-refractivity contribution is 6.02. The van der Waals surface area contributed by atoms with Crippen LogP contribution in [-0.4, -0.2) is 30.4 Å². The summed E-state index contributed by atoms with van der Waals surface area (Å²) in [5.41, 5.74) is 4.08. The maximum atomic E-state index is 14.5. The number of amides is 1. The Bertz CT molecular complexity index is 1580. The van der Waals surface area contributed by atoms with Gasteiger partial charge < -0.3 is 14.9 Å².